The van der Waals surface area contributed by atoms with Gasteiger partial charge in [0.1, 0.15) is 0 Å². The number of aryl methyl sites for hydroxylation is 1. The van der Waals surface area contributed by atoms with Crippen LogP contribution in [0.2, 0.25) is 0 Å². The van der Waals surface area contributed by atoms with Crippen molar-refractivity contribution in [2.24, 2.45) is 0 Å². The number of hydrogen-bond donors (Lipinski definition) is 2. The van der Waals surface area contributed by atoms with Crippen molar-refractivity contribution < 1.29 is 0 Å². The summed E-state index contributed by atoms with van der Waals surface area (Å²) in [7, 11) is 0. The van der Waals surface area contributed by atoms with Crippen molar-refractivity contribution in [2.45, 2.75) is 26.4 Å². The van der Waals surface area contributed by atoms with Crippen molar-refractivity contribution in [3.05, 3.63) is 35.5 Å². The number of H-pyrrole nitrogens is 1. The Morgan fingerprint density at radius 3 is 3.11 bits per heavy atom. The highest BCUT2D eigenvalue weighted by molar-refractivity contribution is 5.83. The molecular weight excluding hydrogens is 222 g/mol. The minimum absolute atomic E-state index is 0.603. The number of aromatic nitrogens is 1. The van der Waals surface area contributed by atoms with Gasteiger partial charge in [-0.05, 0) is 31.0 Å². The molecule has 96 valence electrons. The predicted molar refractivity (Wildman–Crippen MR) is 75.8 cm³/mol. The molecule has 0 amide bonds. The van der Waals surface area contributed by atoms with E-state index in [4.69, 9.17) is 0 Å². The lowest BCUT2D eigenvalue weighted by Crippen LogP contribution is -2.48. The molecule has 0 aliphatic carbocycles. The SMILES string of the molecule is Cc1ccc2c(CN3CCNC(C)C3)c[nH]c2c1. The van der Waals surface area contributed by atoms with Gasteiger partial charge in [0.15, 0.2) is 0 Å². The number of rotatable bonds is 2. The normalized spacial score (nSPS) is 21.6. The molecule has 2 heterocycles. The zero-order valence-electron chi connectivity index (χ0n) is 11.2. The average molecular weight is 243 g/mol. The number of nitrogens with one attached hydrogen (secondary N) is 2. The Labute approximate surface area is 108 Å². The van der Waals surface area contributed by atoms with Crippen molar-refractivity contribution in [2.75, 3.05) is 19.6 Å². The van der Waals surface area contributed by atoms with Gasteiger partial charge in [0.2, 0.25) is 0 Å². The van der Waals surface area contributed by atoms with Crippen LogP contribution in [0.1, 0.15) is 18.1 Å². The third kappa shape index (κ3) is 2.28. The van der Waals surface area contributed by atoms with Gasteiger partial charge in [-0.15, -0.1) is 0 Å². The maximum absolute atomic E-state index is 3.49. The summed E-state index contributed by atoms with van der Waals surface area (Å²) in [5, 5.41) is 4.85. The molecule has 2 N–H and O–H groups in total. The van der Waals surface area contributed by atoms with Crippen LogP contribution in [0.5, 0.6) is 0 Å². The van der Waals surface area contributed by atoms with Crippen molar-refractivity contribution in [1.29, 1.82) is 0 Å². The zero-order valence-corrected chi connectivity index (χ0v) is 11.2. The number of aromatic amines is 1. The van der Waals surface area contributed by atoms with Crippen LogP contribution >= 0.6 is 0 Å². The highest BCUT2D eigenvalue weighted by Gasteiger charge is 2.16. The fraction of sp³-hybridized carbons (Fsp3) is 0.467. The van der Waals surface area contributed by atoms with Crippen LogP contribution in [0, 0.1) is 6.92 Å². The predicted octanol–water partition coefficient (Wildman–Crippen LogP) is 2.27. The molecule has 2 aromatic rings. The molecule has 1 aromatic heterocycles. The van der Waals surface area contributed by atoms with Crippen molar-refractivity contribution >= 4 is 10.9 Å². The number of piperazine rings is 1. The average Bonchev–Trinajstić information content (AvgIpc) is 2.72. The molecule has 1 saturated heterocycles. The van der Waals surface area contributed by atoms with Crippen LogP contribution in [0.15, 0.2) is 24.4 Å². The van der Waals surface area contributed by atoms with Crippen molar-refractivity contribution in [3.63, 3.8) is 0 Å². The second kappa shape index (κ2) is 4.75. The van der Waals surface area contributed by atoms with E-state index in [9.17, 15) is 0 Å². The van der Waals surface area contributed by atoms with E-state index in [-0.39, 0.29) is 0 Å². The van der Waals surface area contributed by atoms with Gasteiger partial charge < -0.3 is 10.3 Å². The quantitative estimate of drug-likeness (QED) is 0.848. The van der Waals surface area contributed by atoms with Gasteiger partial charge in [-0.25, -0.2) is 0 Å². The second-order valence-corrected chi connectivity index (χ2v) is 5.45. The maximum atomic E-state index is 3.49. The Hall–Kier alpha value is -1.32. The third-order valence-electron chi connectivity index (χ3n) is 3.77. The van der Waals surface area contributed by atoms with E-state index in [0.29, 0.717) is 6.04 Å². The number of fused-ring (bicyclic) bond motifs is 1. The van der Waals surface area contributed by atoms with Crippen LogP contribution in [0.4, 0.5) is 0 Å². The van der Waals surface area contributed by atoms with Gasteiger partial charge in [-0.2, -0.15) is 0 Å². The minimum atomic E-state index is 0.603. The first kappa shape index (κ1) is 11.8. The first-order valence-electron chi connectivity index (χ1n) is 6.75. The van der Waals surface area contributed by atoms with Crippen molar-refractivity contribution in [1.82, 2.24) is 15.2 Å². The van der Waals surface area contributed by atoms with E-state index >= 15 is 0 Å². The zero-order chi connectivity index (χ0) is 12.5. The molecule has 1 unspecified atom stereocenters. The Kier molecular flexibility index (Phi) is 3.10. The lowest BCUT2D eigenvalue weighted by Gasteiger charge is -2.31. The van der Waals surface area contributed by atoms with Crippen LogP contribution in [0.25, 0.3) is 10.9 Å². The van der Waals surface area contributed by atoms with E-state index < -0.39 is 0 Å². The summed E-state index contributed by atoms with van der Waals surface area (Å²) in [5.41, 5.74) is 3.99. The molecule has 0 spiro atoms. The maximum Gasteiger partial charge on any atom is 0.0459 e. The number of nitrogens with zero attached hydrogens (tertiary/aromatic N) is 1. The van der Waals surface area contributed by atoms with Gasteiger partial charge >= 0.3 is 0 Å². The molecule has 1 aromatic carbocycles. The largest absolute Gasteiger partial charge is 0.361 e. The molecule has 0 saturated carbocycles. The lowest BCUT2D eigenvalue weighted by atomic mass is 10.1. The molecular formula is C15H21N3. The highest BCUT2D eigenvalue weighted by atomic mass is 15.2. The van der Waals surface area contributed by atoms with E-state index in [1.54, 1.807) is 0 Å². The smallest absolute Gasteiger partial charge is 0.0459 e. The fourth-order valence-electron chi connectivity index (χ4n) is 2.83. The fourth-order valence-corrected chi connectivity index (χ4v) is 2.83. The molecule has 1 fully saturated rings. The first-order chi connectivity index (χ1) is 8.72. The molecule has 3 rings (SSSR count). The Morgan fingerprint density at radius 2 is 2.28 bits per heavy atom. The number of hydrogen-bond acceptors (Lipinski definition) is 2. The summed E-state index contributed by atoms with van der Waals surface area (Å²) in [6.45, 7) is 8.82. The molecule has 1 atom stereocenters. The topological polar surface area (TPSA) is 31.1 Å². The minimum Gasteiger partial charge on any atom is -0.361 e. The third-order valence-corrected chi connectivity index (χ3v) is 3.77. The Morgan fingerprint density at radius 1 is 1.39 bits per heavy atom. The van der Waals surface area contributed by atoms with E-state index in [2.05, 4.69) is 53.4 Å². The van der Waals surface area contributed by atoms with Crippen molar-refractivity contribution in [3.8, 4) is 0 Å². The van der Waals surface area contributed by atoms with Crippen LogP contribution in [0.3, 0.4) is 0 Å². The summed E-state index contributed by atoms with van der Waals surface area (Å²) in [6, 6.07) is 7.26. The van der Waals surface area contributed by atoms with Crippen LogP contribution in [-0.2, 0) is 6.54 Å². The van der Waals surface area contributed by atoms with Crippen LogP contribution < -0.4 is 5.32 Å². The highest BCUT2D eigenvalue weighted by Crippen LogP contribution is 2.21. The molecule has 0 bridgehead atoms. The van der Waals surface area contributed by atoms with Gasteiger partial charge in [0, 0.05) is 49.3 Å². The van der Waals surface area contributed by atoms with Gasteiger partial charge in [-0.1, -0.05) is 12.1 Å². The molecule has 18 heavy (non-hydrogen) atoms. The summed E-state index contributed by atoms with van der Waals surface area (Å²) < 4.78 is 0. The Balaban J connectivity index is 1.82. The van der Waals surface area contributed by atoms with Gasteiger partial charge in [0.05, 0.1) is 0 Å². The number of benzene rings is 1. The molecule has 3 nitrogen and oxygen atoms in total. The van der Waals surface area contributed by atoms with E-state index in [0.717, 1.165) is 26.2 Å². The standard InChI is InChI=1S/C15H21N3/c1-11-3-4-14-13(8-17-15(14)7-11)10-18-6-5-16-12(2)9-18/h3-4,7-8,12,16-17H,5-6,9-10H2,1-2H3. The van der Waals surface area contributed by atoms with Gasteiger partial charge in [-0.3, -0.25) is 4.90 Å². The second-order valence-electron chi connectivity index (χ2n) is 5.45. The lowest BCUT2D eigenvalue weighted by molar-refractivity contribution is 0.200. The summed E-state index contributed by atoms with van der Waals surface area (Å²) in [5.74, 6) is 0. The first-order valence-corrected chi connectivity index (χ1v) is 6.75. The summed E-state index contributed by atoms with van der Waals surface area (Å²) in [6.07, 6.45) is 2.16. The van der Waals surface area contributed by atoms with Gasteiger partial charge in [0.25, 0.3) is 0 Å². The summed E-state index contributed by atoms with van der Waals surface area (Å²) in [4.78, 5) is 5.92. The van der Waals surface area contributed by atoms with E-state index in [1.807, 2.05) is 0 Å². The van der Waals surface area contributed by atoms with Crippen LogP contribution in [-0.4, -0.2) is 35.6 Å². The van der Waals surface area contributed by atoms with E-state index in [1.165, 1.54) is 22.0 Å². The Bertz CT molecular complexity index is 544. The summed E-state index contributed by atoms with van der Waals surface area (Å²) >= 11 is 0. The molecule has 1 aliphatic heterocycles. The molecule has 3 heteroatoms. The monoisotopic (exact) mass is 243 g/mol. The molecule has 1 aliphatic rings. The molecule has 0 radical (unpaired) electrons.